The summed E-state index contributed by atoms with van der Waals surface area (Å²) < 4.78 is 13.6. The predicted molar refractivity (Wildman–Crippen MR) is 114 cm³/mol. The standard InChI is InChI=1S/C23H24FN5O/c1-28(2)21-14-20(26-22(27-21)16-8-10-25-11-9-16)18-6-4-12-29(15-18)23(30)17-5-3-7-19(24)13-17/h3,5,7-11,13-14,18H,4,6,12,15H2,1-2H3/t18-/m0/s1. The van der Waals surface area contributed by atoms with E-state index in [9.17, 15) is 9.18 Å². The molecule has 1 fully saturated rings. The fourth-order valence-electron chi connectivity index (χ4n) is 3.73. The van der Waals surface area contributed by atoms with Crippen LogP contribution in [0.15, 0.2) is 54.9 Å². The second kappa shape index (κ2) is 8.57. The summed E-state index contributed by atoms with van der Waals surface area (Å²) in [7, 11) is 3.90. The van der Waals surface area contributed by atoms with Gasteiger partial charge < -0.3 is 9.80 Å². The van der Waals surface area contributed by atoms with E-state index in [1.807, 2.05) is 37.2 Å². The molecule has 4 rings (SSSR count). The lowest BCUT2D eigenvalue weighted by Crippen LogP contribution is -2.39. The van der Waals surface area contributed by atoms with Crippen molar-refractivity contribution in [2.24, 2.45) is 0 Å². The van der Waals surface area contributed by atoms with Gasteiger partial charge in [0.15, 0.2) is 5.82 Å². The lowest BCUT2D eigenvalue weighted by atomic mass is 9.93. The molecule has 7 heteroatoms. The number of likely N-dealkylation sites (tertiary alicyclic amines) is 1. The minimum absolute atomic E-state index is 0.0959. The molecule has 1 atom stereocenters. The SMILES string of the molecule is CN(C)c1cc([C@H]2CCCN(C(=O)c3cccc(F)c3)C2)nc(-c2ccncc2)n1. The second-order valence-corrected chi connectivity index (χ2v) is 7.71. The molecule has 0 N–H and O–H groups in total. The van der Waals surface area contributed by atoms with Gasteiger partial charge in [0.2, 0.25) is 0 Å². The van der Waals surface area contributed by atoms with Crippen molar-refractivity contribution in [1.82, 2.24) is 19.9 Å². The third kappa shape index (κ3) is 4.30. The molecule has 0 radical (unpaired) electrons. The third-order valence-electron chi connectivity index (χ3n) is 5.33. The zero-order chi connectivity index (χ0) is 21.1. The zero-order valence-electron chi connectivity index (χ0n) is 17.1. The summed E-state index contributed by atoms with van der Waals surface area (Å²) >= 11 is 0. The molecule has 3 aromatic rings. The van der Waals surface area contributed by atoms with Crippen LogP contribution < -0.4 is 4.90 Å². The maximum Gasteiger partial charge on any atom is 0.253 e. The Labute approximate surface area is 175 Å². The van der Waals surface area contributed by atoms with Crippen LogP contribution in [-0.4, -0.2) is 52.9 Å². The van der Waals surface area contributed by atoms with Crippen LogP contribution in [0.2, 0.25) is 0 Å². The molecule has 2 aromatic heterocycles. The number of rotatable bonds is 4. The Hall–Kier alpha value is -3.35. The molecule has 1 aliphatic rings. The third-order valence-corrected chi connectivity index (χ3v) is 5.33. The van der Waals surface area contributed by atoms with Crippen LogP contribution in [0, 0.1) is 5.82 Å². The molecule has 3 heterocycles. The first-order valence-electron chi connectivity index (χ1n) is 10.0. The Bertz CT molecular complexity index is 1040. The quantitative estimate of drug-likeness (QED) is 0.661. The van der Waals surface area contributed by atoms with Crippen molar-refractivity contribution < 1.29 is 9.18 Å². The fraction of sp³-hybridized carbons (Fsp3) is 0.304. The molecule has 0 bridgehead atoms. The highest BCUT2D eigenvalue weighted by Crippen LogP contribution is 2.30. The topological polar surface area (TPSA) is 62.2 Å². The van der Waals surface area contributed by atoms with Gasteiger partial charge in [-0.15, -0.1) is 0 Å². The Kier molecular flexibility index (Phi) is 5.70. The van der Waals surface area contributed by atoms with Crippen LogP contribution in [0.3, 0.4) is 0 Å². The summed E-state index contributed by atoms with van der Waals surface area (Å²) in [6, 6.07) is 11.6. The van der Waals surface area contributed by atoms with Gasteiger partial charge in [0.25, 0.3) is 5.91 Å². The van der Waals surface area contributed by atoms with Crippen LogP contribution in [0.25, 0.3) is 11.4 Å². The highest BCUT2D eigenvalue weighted by molar-refractivity contribution is 5.94. The normalized spacial score (nSPS) is 16.4. The van der Waals surface area contributed by atoms with E-state index in [0.717, 1.165) is 29.9 Å². The van der Waals surface area contributed by atoms with Gasteiger partial charge in [-0.2, -0.15) is 0 Å². The second-order valence-electron chi connectivity index (χ2n) is 7.71. The van der Waals surface area contributed by atoms with Crippen LogP contribution in [-0.2, 0) is 0 Å². The number of pyridine rings is 1. The summed E-state index contributed by atoms with van der Waals surface area (Å²) in [6.07, 6.45) is 5.26. The van der Waals surface area contributed by atoms with Gasteiger partial charge in [-0.25, -0.2) is 14.4 Å². The molecule has 154 valence electrons. The Morgan fingerprint density at radius 2 is 1.93 bits per heavy atom. The maximum absolute atomic E-state index is 13.6. The highest BCUT2D eigenvalue weighted by atomic mass is 19.1. The van der Waals surface area contributed by atoms with Gasteiger partial charge in [-0.05, 0) is 43.2 Å². The van der Waals surface area contributed by atoms with Gasteiger partial charge in [-0.1, -0.05) is 6.07 Å². The van der Waals surface area contributed by atoms with Crippen molar-refractivity contribution >= 4 is 11.7 Å². The zero-order valence-corrected chi connectivity index (χ0v) is 17.1. The molecule has 1 amide bonds. The van der Waals surface area contributed by atoms with Crippen LogP contribution >= 0.6 is 0 Å². The molecule has 0 aliphatic carbocycles. The number of nitrogens with zero attached hydrogens (tertiary/aromatic N) is 5. The van der Waals surface area contributed by atoms with Gasteiger partial charge in [0.05, 0.1) is 5.69 Å². The van der Waals surface area contributed by atoms with E-state index in [1.165, 1.54) is 12.1 Å². The van der Waals surface area contributed by atoms with Crippen molar-refractivity contribution in [2.75, 3.05) is 32.1 Å². The molecule has 30 heavy (non-hydrogen) atoms. The molecule has 1 saturated heterocycles. The monoisotopic (exact) mass is 405 g/mol. The average molecular weight is 405 g/mol. The lowest BCUT2D eigenvalue weighted by molar-refractivity contribution is 0.0705. The molecule has 6 nitrogen and oxygen atoms in total. The first-order chi connectivity index (χ1) is 14.5. The van der Waals surface area contributed by atoms with E-state index < -0.39 is 5.82 Å². The van der Waals surface area contributed by atoms with E-state index >= 15 is 0 Å². The Morgan fingerprint density at radius 1 is 1.13 bits per heavy atom. The van der Waals surface area contributed by atoms with Crippen molar-refractivity contribution in [3.05, 3.63) is 71.9 Å². The van der Waals surface area contributed by atoms with Gasteiger partial charge >= 0.3 is 0 Å². The summed E-state index contributed by atoms with van der Waals surface area (Å²) in [4.78, 5) is 30.2. The van der Waals surface area contributed by atoms with E-state index in [2.05, 4.69) is 9.97 Å². The number of amides is 1. The van der Waals surface area contributed by atoms with E-state index in [0.29, 0.717) is 24.5 Å². The van der Waals surface area contributed by atoms with Crippen LogP contribution in [0.4, 0.5) is 10.2 Å². The predicted octanol–water partition coefficient (Wildman–Crippen LogP) is 3.76. The first kappa shape index (κ1) is 19.9. The summed E-state index contributed by atoms with van der Waals surface area (Å²) in [5.74, 6) is 1.02. The molecular formula is C23H24FN5O. The van der Waals surface area contributed by atoms with Gasteiger partial charge in [0, 0.05) is 62.7 Å². The Morgan fingerprint density at radius 3 is 2.67 bits per heavy atom. The molecule has 0 unspecified atom stereocenters. The van der Waals surface area contributed by atoms with Crippen molar-refractivity contribution in [1.29, 1.82) is 0 Å². The maximum atomic E-state index is 13.6. The first-order valence-corrected chi connectivity index (χ1v) is 10.0. The average Bonchev–Trinajstić information content (AvgIpc) is 2.79. The minimum Gasteiger partial charge on any atom is -0.363 e. The van der Waals surface area contributed by atoms with Crippen molar-refractivity contribution in [3.63, 3.8) is 0 Å². The minimum atomic E-state index is -0.400. The van der Waals surface area contributed by atoms with E-state index in [-0.39, 0.29) is 11.8 Å². The number of carbonyl (C=O) groups is 1. The Balaban J connectivity index is 1.63. The highest BCUT2D eigenvalue weighted by Gasteiger charge is 2.27. The molecule has 0 spiro atoms. The van der Waals surface area contributed by atoms with Crippen molar-refractivity contribution in [3.8, 4) is 11.4 Å². The number of carbonyl (C=O) groups excluding carboxylic acids is 1. The van der Waals surface area contributed by atoms with Gasteiger partial charge in [0.1, 0.15) is 11.6 Å². The number of aromatic nitrogens is 3. The fourth-order valence-corrected chi connectivity index (χ4v) is 3.73. The number of hydrogen-bond acceptors (Lipinski definition) is 5. The number of hydrogen-bond donors (Lipinski definition) is 0. The molecule has 1 aliphatic heterocycles. The summed E-state index contributed by atoms with van der Waals surface area (Å²) in [6.45, 7) is 1.21. The molecule has 1 aromatic carbocycles. The van der Waals surface area contributed by atoms with E-state index in [4.69, 9.17) is 4.98 Å². The number of piperidine rings is 1. The van der Waals surface area contributed by atoms with E-state index in [1.54, 1.807) is 29.4 Å². The van der Waals surface area contributed by atoms with Crippen LogP contribution in [0.5, 0.6) is 0 Å². The number of benzene rings is 1. The summed E-state index contributed by atoms with van der Waals surface area (Å²) in [5.41, 5.74) is 2.19. The van der Waals surface area contributed by atoms with Crippen LogP contribution in [0.1, 0.15) is 34.8 Å². The number of halogens is 1. The van der Waals surface area contributed by atoms with Gasteiger partial charge in [-0.3, -0.25) is 9.78 Å². The number of anilines is 1. The molecular weight excluding hydrogens is 381 g/mol. The van der Waals surface area contributed by atoms with Crippen molar-refractivity contribution in [2.45, 2.75) is 18.8 Å². The lowest BCUT2D eigenvalue weighted by Gasteiger charge is -2.33. The largest absolute Gasteiger partial charge is 0.363 e. The summed E-state index contributed by atoms with van der Waals surface area (Å²) in [5, 5.41) is 0. The smallest absolute Gasteiger partial charge is 0.253 e. The molecule has 0 saturated carbocycles.